The third-order valence-corrected chi connectivity index (χ3v) is 3.24. The Morgan fingerprint density at radius 3 is 2.71 bits per heavy atom. The van der Waals surface area contributed by atoms with E-state index in [1.165, 1.54) is 24.5 Å². The molecule has 0 atom stereocenters. The SMILES string of the molecule is Cc1ncccc1C(=O)c1ncc(Cl)cc1NS(=O)(=O)O. The highest BCUT2D eigenvalue weighted by molar-refractivity contribution is 7.87. The number of aromatic nitrogens is 2. The number of carbonyl (C=O) groups excluding carboxylic acids is 1. The molecule has 0 fully saturated rings. The summed E-state index contributed by atoms with van der Waals surface area (Å²) in [6.07, 6.45) is 2.73. The molecule has 0 radical (unpaired) electrons. The fourth-order valence-corrected chi connectivity index (χ4v) is 2.28. The third-order valence-electron chi connectivity index (χ3n) is 2.56. The molecule has 0 aromatic carbocycles. The number of carbonyl (C=O) groups is 1. The minimum atomic E-state index is -4.56. The van der Waals surface area contributed by atoms with Crippen molar-refractivity contribution in [3.8, 4) is 0 Å². The summed E-state index contributed by atoms with van der Waals surface area (Å²) in [6, 6.07) is 4.30. The van der Waals surface area contributed by atoms with E-state index >= 15 is 0 Å². The van der Waals surface area contributed by atoms with Crippen LogP contribution in [0.2, 0.25) is 5.02 Å². The van der Waals surface area contributed by atoms with Gasteiger partial charge in [-0.3, -0.25) is 19.1 Å². The zero-order valence-corrected chi connectivity index (χ0v) is 12.3. The summed E-state index contributed by atoms with van der Waals surface area (Å²) < 4.78 is 32.5. The molecule has 0 saturated carbocycles. The first kappa shape index (κ1) is 15.4. The van der Waals surface area contributed by atoms with Crippen LogP contribution in [0.1, 0.15) is 21.7 Å². The van der Waals surface area contributed by atoms with Gasteiger partial charge in [0.1, 0.15) is 5.69 Å². The highest BCUT2D eigenvalue weighted by Crippen LogP contribution is 2.22. The summed E-state index contributed by atoms with van der Waals surface area (Å²) >= 11 is 5.73. The van der Waals surface area contributed by atoms with Crippen LogP contribution in [0, 0.1) is 6.92 Å². The minimum absolute atomic E-state index is 0.112. The Morgan fingerprint density at radius 1 is 1.38 bits per heavy atom. The largest absolute Gasteiger partial charge is 0.357 e. The quantitative estimate of drug-likeness (QED) is 0.655. The summed E-state index contributed by atoms with van der Waals surface area (Å²) in [5.41, 5.74) is 0.342. The molecule has 0 aliphatic rings. The molecule has 21 heavy (non-hydrogen) atoms. The van der Waals surface area contributed by atoms with Crippen LogP contribution in [0.5, 0.6) is 0 Å². The number of hydrogen-bond donors (Lipinski definition) is 2. The summed E-state index contributed by atoms with van der Waals surface area (Å²) in [4.78, 5) is 20.2. The predicted molar refractivity (Wildman–Crippen MR) is 76.8 cm³/mol. The summed E-state index contributed by atoms with van der Waals surface area (Å²) in [6.45, 7) is 1.64. The standard InChI is InChI=1S/C12H10ClN3O4S/c1-7-9(3-2-4-14-7)12(17)11-10(16-21(18,19)20)5-8(13)6-15-11/h2-6,16H,1H3,(H,18,19,20). The van der Waals surface area contributed by atoms with Gasteiger partial charge in [0.25, 0.3) is 0 Å². The van der Waals surface area contributed by atoms with E-state index in [9.17, 15) is 13.2 Å². The Hall–Kier alpha value is -2.03. The Kier molecular flexibility index (Phi) is 4.21. The van der Waals surface area contributed by atoms with Gasteiger partial charge in [0.05, 0.1) is 10.7 Å². The van der Waals surface area contributed by atoms with Crippen molar-refractivity contribution in [3.63, 3.8) is 0 Å². The highest BCUT2D eigenvalue weighted by Gasteiger charge is 2.20. The fraction of sp³-hybridized carbons (Fsp3) is 0.0833. The molecule has 0 bridgehead atoms. The van der Waals surface area contributed by atoms with Crippen molar-refractivity contribution in [2.45, 2.75) is 6.92 Å². The van der Waals surface area contributed by atoms with Crippen LogP contribution in [0.25, 0.3) is 0 Å². The van der Waals surface area contributed by atoms with E-state index in [-0.39, 0.29) is 22.0 Å². The van der Waals surface area contributed by atoms with Crippen LogP contribution in [0.3, 0.4) is 0 Å². The molecule has 0 unspecified atom stereocenters. The van der Waals surface area contributed by atoms with Crippen molar-refractivity contribution < 1.29 is 17.8 Å². The van der Waals surface area contributed by atoms with Crippen LogP contribution in [0.4, 0.5) is 5.69 Å². The first-order chi connectivity index (χ1) is 9.78. The van der Waals surface area contributed by atoms with Crippen LogP contribution in [-0.2, 0) is 10.3 Å². The molecule has 0 saturated heterocycles. The van der Waals surface area contributed by atoms with E-state index in [1.54, 1.807) is 17.7 Å². The van der Waals surface area contributed by atoms with Gasteiger partial charge in [0, 0.05) is 23.7 Å². The summed E-state index contributed by atoms with van der Waals surface area (Å²) in [7, 11) is -4.56. The number of aryl methyl sites for hydroxylation is 1. The van der Waals surface area contributed by atoms with E-state index in [1.807, 2.05) is 0 Å². The zero-order chi connectivity index (χ0) is 15.6. The lowest BCUT2D eigenvalue weighted by Crippen LogP contribution is -2.16. The molecule has 2 aromatic heterocycles. The number of ketones is 1. The molecule has 110 valence electrons. The molecule has 2 aromatic rings. The van der Waals surface area contributed by atoms with Gasteiger partial charge < -0.3 is 0 Å². The number of pyridine rings is 2. The number of hydrogen-bond acceptors (Lipinski definition) is 5. The van der Waals surface area contributed by atoms with Gasteiger partial charge in [-0.15, -0.1) is 0 Å². The van der Waals surface area contributed by atoms with Crippen molar-refractivity contribution in [2.24, 2.45) is 0 Å². The molecule has 0 spiro atoms. The minimum Gasteiger partial charge on any atom is -0.287 e. The van der Waals surface area contributed by atoms with E-state index in [0.29, 0.717) is 5.69 Å². The molecule has 7 nitrogen and oxygen atoms in total. The molecule has 9 heteroatoms. The predicted octanol–water partition coefficient (Wildman–Crippen LogP) is 1.88. The maximum absolute atomic E-state index is 12.4. The van der Waals surface area contributed by atoms with Crippen molar-refractivity contribution in [3.05, 3.63) is 52.6 Å². The van der Waals surface area contributed by atoms with E-state index in [2.05, 4.69) is 9.97 Å². The normalized spacial score (nSPS) is 11.2. The number of nitrogens with zero attached hydrogens (tertiary/aromatic N) is 2. The van der Waals surface area contributed by atoms with Crippen molar-refractivity contribution in [1.82, 2.24) is 9.97 Å². The van der Waals surface area contributed by atoms with Crippen molar-refractivity contribution >= 4 is 33.4 Å². The number of rotatable bonds is 4. The van der Waals surface area contributed by atoms with Crippen molar-refractivity contribution in [2.75, 3.05) is 4.72 Å². The Bertz CT molecular complexity index is 808. The van der Waals surface area contributed by atoms with E-state index in [0.717, 1.165) is 0 Å². The first-order valence-corrected chi connectivity index (χ1v) is 7.47. The van der Waals surface area contributed by atoms with Gasteiger partial charge in [0.15, 0.2) is 0 Å². The monoisotopic (exact) mass is 327 g/mol. The van der Waals surface area contributed by atoms with Gasteiger partial charge in [-0.05, 0) is 25.1 Å². The highest BCUT2D eigenvalue weighted by atomic mass is 35.5. The van der Waals surface area contributed by atoms with Gasteiger partial charge >= 0.3 is 10.3 Å². The van der Waals surface area contributed by atoms with Crippen LogP contribution in [-0.4, -0.2) is 28.7 Å². The molecule has 0 amide bonds. The van der Waals surface area contributed by atoms with Crippen LogP contribution >= 0.6 is 11.6 Å². The summed E-state index contributed by atoms with van der Waals surface area (Å²) in [5, 5.41) is 0.112. The fourth-order valence-electron chi connectivity index (χ4n) is 1.69. The molecule has 0 aliphatic carbocycles. The number of nitrogens with one attached hydrogen (secondary N) is 1. The second kappa shape index (κ2) is 5.76. The van der Waals surface area contributed by atoms with Gasteiger partial charge in [0.2, 0.25) is 5.78 Å². The molecular weight excluding hydrogens is 318 g/mol. The van der Waals surface area contributed by atoms with Gasteiger partial charge in [-0.1, -0.05) is 11.6 Å². The first-order valence-electron chi connectivity index (χ1n) is 5.65. The zero-order valence-electron chi connectivity index (χ0n) is 10.7. The lowest BCUT2D eigenvalue weighted by molar-refractivity contribution is 0.103. The number of halogens is 1. The molecule has 2 N–H and O–H groups in total. The second-order valence-electron chi connectivity index (χ2n) is 4.09. The van der Waals surface area contributed by atoms with Crippen LogP contribution < -0.4 is 4.72 Å². The van der Waals surface area contributed by atoms with E-state index in [4.69, 9.17) is 16.2 Å². The summed E-state index contributed by atoms with van der Waals surface area (Å²) in [5.74, 6) is -0.539. The van der Waals surface area contributed by atoms with Crippen molar-refractivity contribution in [1.29, 1.82) is 0 Å². The molecule has 2 heterocycles. The van der Waals surface area contributed by atoms with Gasteiger partial charge in [-0.2, -0.15) is 8.42 Å². The number of anilines is 1. The lowest BCUT2D eigenvalue weighted by atomic mass is 10.1. The average Bonchev–Trinajstić information content (AvgIpc) is 2.37. The Balaban J connectivity index is 2.54. The molecule has 0 aliphatic heterocycles. The maximum Gasteiger partial charge on any atom is 0.357 e. The average molecular weight is 328 g/mol. The topological polar surface area (TPSA) is 109 Å². The second-order valence-corrected chi connectivity index (χ2v) is 5.68. The maximum atomic E-state index is 12.4. The van der Waals surface area contributed by atoms with E-state index < -0.39 is 16.1 Å². The Labute approximate surface area is 125 Å². The smallest absolute Gasteiger partial charge is 0.287 e. The lowest BCUT2D eigenvalue weighted by Gasteiger charge is -2.09. The van der Waals surface area contributed by atoms with Gasteiger partial charge in [-0.25, -0.2) is 4.98 Å². The molecular formula is C12H10ClN3O4S. The Morgan fingerprint density at radius 2 is 2.10 bits per heavy atom. The third kappa shape index (κ3) is 3.75. The van der Waals surface area contributed by atoms with Crippen LogP contribution in [0.15, 0.2) is 30.6 Å². The molecule has 2 rings (SSSR count).